The van der Waals surface area contributed by atoms with Crippen molar-refractivity contribution in [3.63, 3.8) is 0 Å². The van der Waals surface area contributed by atoms with E-state index in [0.29, 0.717) is 12.8 Å². The largest absolute Gasteiger partial charge is 0.299 e. The van der Waals surface area contributed by atoms with E-state index < -0.39 is 0 Å². The van der Waals surface area contributed by atoms with Crippen molar-refractivity contribution in [3.8, 4) is 0 Å². The topological polar surface area (TPSA) is 54.5 Å². The van der Waals surface area contributed by atoms with E-state index in [-0.39, 0.29) is 36.5 Å². The third kappa shape index (κ3) is 4.55. The molecule has 92 valence electrons. The minimum Gasteiger partial charge on any atom is -0.299 e. The Balaban J connectivity index is 4.39. The van der Waals surface area contributed by atoms with Gasteiger partial charge in [0, 0.05) is 31.7 Å². The van der Waals surface area contributed by atoms with E-state index in [1.165, 1.54) is 4.90 Å². The van der Waals surface area contributed by atoms with Gasteiger partial charge in [-0.1, -0.05) is 27.7 Å². The molecule has 0 spiro atoms. The van der Waals surface area contributed by atoms with Crippen LogP contribution < -0.4 is 0 Å². The van der Waals surface area contributed by atoms with Gasteiger partial charge in [0.25, 0.3) is 0 Å². The molecule has 0 aromatic rings. The highest BCUT2D eigenvalue weighted by Crippen LogP contribution is 2.04. The minimum atomic E-state index is -0.205. The Morgan fingerprint density at radius 2 is 1.44 bits per heavy atom. The predicted molar refractivity (Wildman–Crippen MR) is 61.8 cm³/mol. The quantitative estimate of drug-likeness (QED) is 0.695. The summed E-state index contributed by atoms with van der Waals surface area (Å²) in [7, 11) is 0. The summed E-state index contributed by atoms with van der Waals surface area (Å²) in [6.07, 6.45) is 0.846. The first-order chi connectivity index (χ1) is 7.43. The van der Waals surface area contributed by atoms with Crippen LogP contribution in [0.4, 0.5) is 0 Å². The number of imide groups is 1. The number of amides is 2. The van der Waals surface area contributed by atoms with Gasteiger partial charge in [0.1, 0.15) is 5.78 Å². The fourth-order valence-electron chi connectivity index (χ4n) is 1.28. The maximum atomic E-state index is 11.5. The molecule has 2 amide bonds. The van der Waals surface area contributed by atoms with Crippen LogP contribution in [0.3, 0.4) is 0 Å². The number of ketones is 1. The molecule has 0 fully saturated rings. The van der Waals surface area contributed by atoms with E-state index in [1.54, 1.807) is 13.8 Å². The third-order valence-corrected chi connectivity index (χ3v) is 2.43. The van der Waals surface area contributed by atoms with E-state index in [1.807, 2.05) is 13.8 Å². The average molecular weight is 227 g/mol. The summed E-state index contributed by atoms with van der Waals surface area (Å²) in [4.78, 5) is 35.6. The smallest absolute Gasteiger partial charge is 0.228 e. The number of rotatable bonds is 6. The number of Topliss-reactive ketones (excluding diaryl/α,β-unsaturated/α-hetero) is 1. The molecule has 0 aromatic carbocycles. The van der Waals surface area contributed by atoms with Gasteiger partial charge in [0.05, 0.1) is 0 Å². The number of carbonyl (C=O) groups excluding carboxylic acids is 3. The first kappa shape index (κ1) is 14.8. The van der Waals surface area contributed by atoms with Crippen LogP contribution >= 0.6 is 0 Å². The molecule has 4 heteroatoms. The van der Waals surface area contributed by atoms with Crippen LogP contribution in [0.25, 0.3) is 0 Å². The molecule has 0 unspecified atom stereocenters. The molecule has 16 heavy (non-hydrogen) atoms. The summed E-state index contributed by atoms with van der Waals surface area (Å²) in [5.74, 6) is -0.375. The highest BCUT2D eigenvalue weighted by Gasteiger charge is 2.19. The Hall–Kier alpha value is -1.19. The monoisotopic (exact) mass is 227 g/mol. The number of hydrogen-bond donors (Lipinski definition) is 0. The Morgan fingerprint density at radius 1 is 1.00 bits per heavy atom. The van der Waals surface area contributed by atoms with Crippen molar-refractivity contribution in [1.29, 1.82) is 0 Å². The van der Waals surface area contributed by atoms with Crippen LogP contribution in [-0.4, -0.2) is 29.0 Å². The molecule has 0 bridgehead atoms. The summed E-state index contributed by atoms with van der Waals surface area (Å²) in [5.41, 5.74) is 0. The summed E-state index contributed by atoms with van der Waals surface area (Å²) in [6.45, 7) is 7.27. The van der Waals surface area contributed by atoms with Crippen molar-refractivity contribution in [2.45, 2.75) is 47.0 Å². The van der Waals surface area contributed by atoms with Crippen molar-refractivity contribution in [1.82, 2.24) is 4.90 Å². The second-order valence-electron chi connectivity index (χ2n) is 4.02. The van der Waals surface area contributed by atoms with Crippen molar-refractivity contribution in [2.24, 2.45) is 5.92 Å². The van der Waals surface area contributed by atoms with Gasteiger partial charge in [0.15, 0.2) is 0 Å². The molecule has 0 heterocycles. The molecule has 0 aliphatic carbocycles. The lowest BCUT2D eigenvalue weighted by Crippen LogP contribution is -2.37. The zero-order chi connectivity index (χ0) is 12.7. The zero-order valence-electron chi connectivity index (χ0n) is 10.6. The second-order valence-corrected chi connectivity index (χ2v) is 4.02. The van der Waals surface area contributed by atoms with Gasteiger partial charge in [0.2, 0.25) is 11.8 Å². The Kier molecular flexibility index (Phi) is 6.61. The van der Waals surface area contributed by atoms with Crippen molar-refractivity contribution in [3.05, 3.63) is 0 Å². The first-order valence-corrected chi connectivity index (χ1v) is 5.79. The van der Waals surface area contributed by atoms with Crippen LogP contribution in [0.5, 0.6) is 0 Å². The summed E-state index contributed by atoms with van der Waals surface area (Å²) in [5, 5.41) is 0. The fourth-order valence-corrected chi connectivity index (χ4v) is 1.28. The van der Waals surface area contributed by atoms with Crippen LogP contribution in [0, 0.1) is 5.92 Å². The fraction of sp³-hybridized carbons (Fsp3) is 0.750. The number of hydrogen-bond acceptors (Lipinski definition) is 3. The Morgan fingerprint density at radius 3 is 1.75 bits per heavy atom. The van der Waals surface area contributed by atoms with E-state index in [4.69, 9.17) is 0 Å². The zero-order valence-corrected chi connectivity index (χ0v) is 10.6. The van der Waals surface area contributed by atoms with Gasteiger partial charge in [-0.3, -0.25) is 19.3 Å². The van der Waals surface area contributed by atoms with E-state index in [0.717, 1.165) is 0 Å². The average Bonchev–Trinajstić information content (AvgIpc) is 2.27. The maximum absolute atomic E-state index is 11.5. The summed E-state index contributed by atoms with van der Waals surface area (Å²) < 4.78 is 0. The van der Waals surface area contributed by atoms with Crippen molar-refractivity contribution in [2.75, 3.05) is 6.54 Å². The van der Waals surface area contributed by atoms with Crippen LogP contribution in [0.2, 0.25) is 0 Å². The van der Waals surface area contributed by atoms with Crippen LogP contribution in [0.15, 0.2) is 0 Å². The first-order valence-electron chi connectivity index (χ1n) is 5.79. The summed E-state index contributed by atoms with van der Waals surface area (Å²) >= 11 is 0. The molecule has 0 rings (SSSR count). The highest BCUT2D eigenvalue weighted by atomic mass is 16.2. The number of nitrogens with zero attached hydrogens (tertiary/aromatic N) is 1. The Bertz CT molecular complexity index is 255. The Labute approximate surface area is 97.0 Å². The molecule has 0 aliphatic rings. The van der Waals surface area contributed by atoms with Gasteiger partial charge >= 0.3 is 0 Å². The minimum absolute atomic E-state index is 0.0460. The van der Waals surface area contributed by atoms with Crippen LogP contribution in [-0.2, 0) is 14.4 Å². The lowest BCUT2D eigenvalue weighted by molar-refractivity contribution is -0.144. The van der Waals surface area contributed by atoms with E-state index in [9.17, 15) is 14.4 Å². The molecule has 4 nitrogen and oxygen atoms in total. The molecule has 0 atom stereocenters. The molecule has 0 saturated carbocycles. The number of carbonyl (C=O) groups is 3. The second kappa shape index (κ2) is 7.14. The van der Waals surface area contributed by atoms with Gasteiger partial charge in [-0.15, -0.1) is 0 Å². The lowest BCUT2D eigenvalue weighted by atomic mass is 10.1. The molecule has 0 radical (unpaired) electrons. The van der Waals surface area contributed by atoms with Crippen molar-refractivity contribution < 1.29 is 14.4 Å². The molecule has 0 aliphatic heterocycles. The van der Waals surface area contributed by atoms with Gasteiger partial charge < -0.3 is 0 Å². The van der Waals surface area contributed by atoms with E-state index >= 15 is 0 Å². The molecule has 0 saturated heterocycles. The third-order valence-electron chi connectivity index (χ3n) is 2.43. The highest BCUT2D eigenvalue weighted by molar-refractivity contribution is 5.95. The summed E-state index contributed by atoms with van der Waals surface area (Å²) in [6, 6.07) is 0. The molecular formula is C12H21NO3. The van der Waals surface area contributed by atoms with Gasteiger partial charge in [-0.25, -0.2) is 0 Å². The lowest BCUT2D eigenvalue weighted by Gasteiger charge is -2.19. The standard InChI is InChI=1S/C12H21NO3/c1-5-11(15)13(12(16)6-2)8-7-10(14)9(3)4/h9H,5-8H2,1-4H3. The molecular weight excluding hydrogens is 206 g/mol. The van der Waals surface area contributed by atoms with Crippen LogP contribution in [0.1, 0.15) is 47.0 Å². The molecule has 0 aromatic heterocycles. The SMILES string of the molecule is CCC(=O)N(CCC(=O)C(C)C)C(=O)CC. The maximum Gasteiger partial charge on any atom is 0.228 e. The molecule has 0 N–H and O–H groups in total. The predicted octanol–water partition coefficient (Wildman–Crippen LogP) is 1.78. The van der Waals surface area contributed by atoms with E-state index in [2.05, 4.69) is 0 Å². The van der Waals surface area contributed by atoms with Gasteiger partial charge in [-0.2, -0.15) is 0 Å². The van der Waals surface area contributed by atoms with Gasteiger partial charge in [-0.05, 0) is 0 Å². The van der Waals surface area contributed by atoms with Crippen molar-refractivity contribution >= 4 is 17.6 Å². The normalized spacial score (nSPS) is 10.3.